The third-order valence-electron chi connectivity index (χ3n) is 5.50. The van der Waals surface area contributed by atoms with E-state index in [-0.39, 0.29) is 5.56 Å². The molecule has 1 N–H and O–H groups in total. The number of ketones is 1. The highest BCUT2D eigenvalue weighted by Gasteiger charge is 2.30. The molecule has 1 amide bonds. The Kier molecular flexibility index (Phi) is 5.85. The van der Waals surface area contributed by atoms with Gasteiger partial charge in [0.2, 0.25) is 11.6 Å². The Hall–Kier alpha value is -4.19. The predicted octanol–water partition coefficient (Wildman–Crippen LogP) is 3.11. The molecule has 0 atom stereocenters. The number of H-pyrrole nitrogens is 1. The van der Waals surface area contributed by atoms with Crippen molar-refractivity contribution in [2.75, 3.05) is 27.3 Å². The zero-order valence-corrected chi connectivity index (χ0v) is 17.7. The molecule has 3 aromatic rings. The summed E-state index contributed by atoms with van der Waals surface area (Å²) in [7, 11) is 2.95. The summed E-state index contributed by atoms with van der Waals surface area (Å²) in [4.78, 5) is 42.6. The van der Waals surface area contributed by atoms with Crippen molar-refractivity contribution in [3.05, 3.63) is 65.0 Å². The van der Waals surface area contributed by atoms with Gasteiger partial charge in [0.1, 0.15) is 11.3 Å². The van der Waals surface area contributed by atoms with Crippen molar-refractivity contribution >= 4 is 28.3 Å². The fourth-order valence-corrected chi connectivity index (χ4v) is 3.88. The van der Waals surface area contributed by atoms with E-state index in [1.807, 2.05) is 6.07 Å². The summed E-state index contributed by atoms with van der Waals surface area (Å²) in [5.41, 5.74) is 2.79. The summed E-state index contributed by atoms with van der Waals surface area (Å²) in [5, 5.41) is 0.459. The molecule has 162 valence electrons. The first-order valence-electron chi connectivity index (χ1n) is 10.0. The Morgan fingerprint density at radius 1 is 1.16 bits per heavy atom. The molecule has 1 saturated heterocycles. The molecule has 1 fully saturated rings. The first-order valence-corrected chi connectivity index (χ1v) is 10.0. The van der Waals surface area contributed by atoms with E-state index in [0.717, 1.165) is 5.57 Å². The molecule has 32 heavy (non-hydrogen) atoms. The molecule has 1 aliphatic heterocycles. The molecule has 0 saturated carbocycles. The molecule has 0 radical (unpaired) electrons. The lowest BCUT2D eigenvalue weighted by atomic mass is 9.99. The van der Waals surface area contributed by atoms with Gasteiger partial charge in [0.15, 0.2) is 0 Å². The number of likely N-dealkylation sites (tertiary alicyclic amines) is 1. The van der Waals surface area contributed by atoms with Gasteiger partial charge in [0, 0.05) is 25.5 Å². The van der Waals surface area contributed by atoms with Crippen molar-refractivity contribution in [1.29, 1.82) is 0 Å². The topological polar surface area (TPSA) is 102 Å². The van der Waals surface area contributed by atoms with Gasteiger partial charge in [0.25, 0.3) is 11.7 Å². The molecular formula is C23H21N5O4. The highest BCUT2D eigenvalue weighted by molar-refractivity contribution is 6.45. The second kappa shape index (κ2) is 8.89. The molecule has 0 bridgehead atoms. The van der Waals surface area contributed by atoms with Crippen LogP contribution in [0.25, 0.3) is 21.4 Å². The molecule has 4 rings (SSSR count). The Labute approximate surface area is 184 Å². The molecule has 0 spiro atoms. The molecule has 0 aromatic carbocycles. The minimum atomic E-state index is -0.634. The number of nitrogens with zero attached hydrogens (tertiary/aromatic N) is 4. The summed E-state index contributed by atoms with van der Waals surface area (Å²) < 4.78 is 10.6. The van der Waals surface area contributed by atoms with Crippen LogP contribution < -0.4 is 9.47 Å². The lowest BCUT2D eigenvalue weighted by Crippen LogP contribution is -2.40. The van der Waals surface area contributed by atoms with Crippen molar-refractivity contribution in [1.82, 2.24) is 19.9 Å². The van der Waals surface area contributed by atoms with Crippen LogP contribution in [-0.4, -0.2) is 58.9 Å². The summed E-state index contributed by atoms with van der Waals surface area (Å²) in [6, 6.07) is 5.44. The molecule has 1 aliphatic rings. The van der Waals surface area contributed by atoms with Gasteiger partial charge in [-0.05, 0) is 25.0 Å². The van der Waals surface area contributed by atoms with Crippen LogP contribution >= 0.6 is 0 Å². The quantitative estimate of drug-likeness (QED) is 0.378. The molecule has 9 nitrogen and oxygen atoms in total. The van der Waals surface area contributed by atoms with E-state index >= 15 is 0 Å². The first kappa shape index (κ1) is 21.1. The Balaban J connectivity index is 1.56. The third-order valence-corrected chi connectivity index (χ3v) is 5.50. The number of Topliss-reactive ketones (excluding diaryl/α,β-unsaturated/α-hetero) is 1. The normalized spacial score (nSPS) is 13.5. The van der Waals surface area contributed by atoms with Crippen LogP contribution in [-0.2, 0) is 4.79 Å². The molecular weight excluding hydrogens is 410 g/mol. The Morgan fingerprint density at radius 3 is 2.56 bits per heavy atom. The molecule has 9 heteroatoms. The fraction of sp³-hybridized carbons (Fsp3) is 0.261. The number of hydrogen-bond donors (Lipinski definition) is 1. The smallest absolute Gasteiger partial charge is 0.295 e. The van der Waals surface area contributed by atoms with Crippen LogP contribution in [0.2, 0.25) is 0 Å². The third kappa shape index (κ3) is 3.67. The Bertz CT molecular complexity index is 1250. The fourth-order valence-electron chi connectivity index (χ4n) is 3.88. The van der Waals surface area contributed by atoms with Crippen molar-refractivity contribution in [3.8, 4) is 11.6 Å². The lowest BCUT2D eigenvalue weighted by molar-refractivity contribution is -0.126. The number of rotatable bonds is 5. The van der Waals surface area contributed by atoms with Gasteiger partial charge in [-0.3, -0.25) is 14.6 Å². The van der Waals surface area contributed by atoms with E-state index in [0.29, 0.717) is 59.9 Å². The van der Waals surface area contributed by atoms with Crippen molar-refractivity contribution < 1.29 is 19.1 Å². The van der Waals surface area contributed by atoms with Gasteiger partial charge in [-0.1, -0.05) is 11.6 Å². The van der Waals surface area contributed by atoms with Gasteiger partial charge in [-0.2, -0.15) is 0 Å². The van der Waals surface area contributed by atoms with E-state index in [1.54, 1.807) is 18.3 Å². The average molecular weight is 431 g/mol. The number of fused-ring (bicyclic) bond motifs is 1. The van der Waals surface area contributed by atoms with Crippen molar-refractivity contribution in [2.24, 2.45) is 0 Å². The maximum absolute atomic E-state index is 13.1. The van der Waals surface area contributed by atoms with Gasteiger partial charge >= 0.3 is 0 Å². The molecule has 4 heterocycles. The number of amides is 1. The zero-order valence-electron chi connectivity index (χ0n) is 17.7. The molecule has 0 unspecified atom stereocenters. The van der Waals surface area contributed by atoms with E-state index in [2.05, 4.69) is 19.8 Å². The van der Waals surface area contributed by atoms with Crippen molar-refractivity contribution in [3.63, 3.8) is 0 Å². The van der Waals surface area contributed by atoms with Crippen LogP contribution in [0.15, 0.2) is 42.4 Å². The summed E-state index contributed by atoms with van der Waals surface area (Å²) in [6.07, 6.45) is 5.62. The first-order chi connectivity index (χ1) is 15.6. The number of ether oxygens (including phenoxy) is 2. The van der Waals surface area contributed by atoms with Gasteiger partial charge in [-0.15, -0.1) is 0 Å². The van der Waals surface area contributed by atoms with Crippen LogP contribution in [0.5, 0.6) is 11.6 Å². The Morgan fingerprint density at radius 2 is 1.94 bits per heavy atom. The predicted molar refractivity (Wildman–Crippen MR) is 117 cm³/mol. The van der Waals surface area contributed by atoms with E-state index < -0.39 is 11.7 Å². The standard InChI is InChI=1S/C23H21N5O4/c1-24-19(16-6-4-5-9-25-16)14-7-10-28(11-8-14)23(30)21(29)15-12-26-20-18(15)17(31-2)13-27-22(20)32-3/h4-6,9,12-13,26H,7-8,10-11H2,2-3H3. The number of pyridine rings is 2. The van der Waals surface area contributed by atoms with Gasteiger partial charge in [-0.25, -0.2) is 9.83 Å². The molecule has 0 aliphatic carbocycles. The number of carbonyl (C=O) groups is 2. The molecule has 3 aromatic heterocycles. The lowest BCUT2D eigenvalue weighted by Gasteiger charge is -2.28. The van der Waals surface area contributed by atoms with Crippen molar-refractivity contribution in [2.45, 2.75) is 12.8 Å². The second-order valence-electron chi connectivity index (χ2n) is 7.19. The van der Waals surface area contributed by atoms with Gasteiger partial charge in [0.05, 0.1) is 43.6 Å². The van der Waals surface area contributed by atoms with Crippen LogP contribution in [0, 0.1) is 6.57 Å². The minimum Gasteiger partial charge on any atom is -0.494 e. The van der Waals surface area contributed by atoms with E-state index in [4.69, 9.17) is 16.0 Å². The number of aromatic amines is 1. The average Bonchev–Trinajstić information content (AvgIpc) is 3.29. The summed E-state index contributed by atoms with van der Waals surface area (Å²) in [6.45, 7) is 8.26. The van der Waals surface area contributed by atoms with E-state index in [9.17, 15) is 9.59 Å². The second-order valence-corrected chi connectivity index (χ2v) is 7.19. The van der Waals surface area contributed by atoms with Crippen LogP contribution in [0.3, 0.4) is 0 Å². The zero-order chi connectivity index (χ0) is 22.7. The largest absolute Gasteiger partial charge is 0.494 e. The van der Waals surface area contributed by atoms with Crippen LogP contribution in [0.4, 0.5) is 0 Å². The maximum atomic E-state index is 13.1. The number of hydrogen-bond acceptors (Lipinski definition) is 6. The van der Waals surface area contributed by atoms with Crippen LogP contribution in [0.1, 0.15) is 28.9 Å². The maximum Gasteiger partial charge on any atom is 0.295 e. The van der Waals surface area contributed by atoms with E-state index in [1.165, 1.54) is 31.5 Å². The number of nitrogens with one attached hydrogen (secondary N) is 1. The number of piperidine rings is 1. The summed E-state index contributed by atoms with van der Waals surface area (Å²) >= 11 is 0. The summed E-state index contributed by atoms with van der Waals surface area (Å²) in [5.74, 6) is -0.546. The number of methoxy groups -OCH3 is 2. The highest BCUT2D eigenvalue weighted by Crippen LogP contribution is 2.34. The highest BCUT2D eigenvalue weighted by atomic mass is 16.5. The monoisotopic (exact) mass is 431 g/mol. The number of carbonyl (C=O) groups excluding carboxylic acids is 2. The number of aromatic nitrogens is 3. The van der Waals surface area contributed by atoms with Gasteiger partial charge < -0.3 is 19.4 Å². The SMILES string of the molecule is [C-]#[N+]C(=C1CCN(C(=O)C(=O)c2c[nH]c3c(OC)ncc(OC)c23)CC1)c1ccccn1. The minimum absolute atomic E-state index is 0.208.